The number of hydrogen-bond donors (Lipinski definition) is 2. The van der Waals surface area contributed by atoms with Gasteiger partial charge in [-0.3, -0.25) is 23.9 Å². The average Bonchev–Trinajstić information content (AvgIpc) is 3.79. The maximum atomic E-state index is 14.0. The maximum Gasteiger partial charge on any atom is 0.262 e. The van der Waals surface area contributed by atoms with Crippen molar-refractivity contribution in [1.29, 1.82) is 0 Å². The predicted octanol–water partition coefficient (Wildman–Crippen LogP) is 4.41. The fourth-order valence-corrected chi connectivity index (χ4v) is 6.39. The van der Waals surface area contributed by atoms with E-state index in [9.17, 15) is 14.4 Å². The Hall–Kier alpha value is -5.56. The first-order valence-electron chi connectivity index (χ1n) is 15.4. The van der Waals surface area contributed by atoms with Crippen LogP contribution in [0.3, 0.4) is 0 Å². The van der Waals surface area contributed by atoms with E-state index < -0.39 is 5.25 Å². The Balaban J connectivity index is 1.11. The summed E-state index contributed by atoms with van der Waals surface area (Å²) in [6, 6.07) is 19.6. The lowest BCUT2D eigenvalue weighted by Gasteiger charge is -2.18. The highest BCUT2D eigenvalue weighted by Gasteiger charge is 2.24. The zero-order valence-corrected chi connectivity index (χ0v) is 26.7. The van der Waals surface area contributed by atoms with Gasteiger partial charge in [0.1, 0.15) is 0 Å². The van der Waals surface area contributed by atoms with Gasteiger partial charge in [-0.2, -0.15) is 0 Å². The number of ether oxygens (including phenoxy) is 4. The van der Waals surface area contributed by atoms with Crippen LogP contribution in [0.4, 0.5) is 0 Å². The highest BCUT2D eigenvalue weighted by Crippen LogP contribution is 2.36. The number of hydrogen-bond acceptors (Lipinski definition) is 10. The van der Waals surface area contributed by atoms with Gasteiger partial charge in [-0.15, -0.1) is 0 Å². The summed E-state index contributed by atoms with van der Waals surface area (Å²) < 4.78 is 23.4. The number of thioether (sulfide) groups is 1. The third kappa shape index (κ3) is 6.63. The van der Waals surface area contributed by atoms with Crippen molar-refractivity contribution in [1.82, 2.24) is 25.2 Å². The molecule has 4 heterocycles. The van der Waals surface area contributed by atoms with Crippen molar-refractivity contribution < 1.29 is 28.5 Å². The Bertz CT molecular complexity index is 2050. The van der Waals surface area contributed by atoms with Crippen molar-refractivity contribution in [3.63, 3.8) is 0 Å². The monoisotopic (exact) mass is 665 g/mol. The van der Waals surface area contributed by atoms with E-state index in [0.717, 1.165) is 16.7 Å². The minimum atomic E-state index is -0.512. The van der Waals surface area contributed by atoms with Crippen molar-refractivity contribution in [2.45, 2.75) is 43.4 Å². The fraction of sp³-hybridized carbons (Fsp3) is 0.229. The van der Waals surface area contributed by atoms with Gasteiger partial charge in [0.05, 0.1) is 22.7 Å². The van der Waals surface area contributed by atoms with Crippen LogP contribution in [0.2, 0.25) is 0 Å². The maximum absolute atomic E-state index is 14.0. The zero-order valence-electron chi connectivity index (χ0n) is 25.9. The van der Waals surface area contributed by atoms with Crippen molar-refractivity contribution in [2.75, 3.05) is 13.6 Å². The molecular weight excluding hydrogens is 634 g/mol. The highest BCUT2D eigenvalue weighted by atomic mass is 32.2. The summed E-state index contributed by atoms with van der Waals surface area (Å²) in [6.07, 6.45) is 3.89. The second kappa shape index (κ2) is 13.7. The lowest BCUT2D eigenvalue weighted by atomic mass is 10.1. The fourth-order valence-electron chi connectivity index (χ4n) is 5.35. The number of carbonyl (C=O) groups is 2. The van der Waals surface area contributed by atoms with E-state index in [1.165, 1.54) is 11.8 Å². The Kier molecular flexibility index (Phi) is 8.84. The molecular formula is C35H31N5O7S. The lowest BCUT2D eigenvalue weighted by Crippen LogP contribution is -2.33. The summed E-state index contributed by atoms with van der Waals surface area (Å²) in [7, 11) is 0. The standard InChI is InChI=1S/C35H31N5O7S/c1-2-31(33(42)38-17-23-4-3-11-36-15-23)48-35-39-26-14-30-29(46-20-47-30)13-25(26)34(43)40(35)18-21-5-8-24(9-6-21)32(41)37-16-22-7-10-27-28(12-22)45-19-44-27/h3-15,31H,2,16-20H2,1H3,(H,37,41)(H,38,42)/t31-/m0/s1. The number of fused-ring (bicyclic) bond motifs is 3. The quantitative estimate of drug-likeness (QED) is 0.154. The molecule has 0 saturated carbocycles. The smallest absolute Gasteiger partial charge is 0.262 e. The van der Waals surface area contributed by atoms with Gasteiger partial charge in [-0.05, 0) is 59.5 Å². The van der Waals surface area contributed by atoms with Crippen LogP contribution in [-0.2, 0) is 24.4 Å². The molecule has 244 valence electrons. The van der Waals surface area contributed by atoms with E-state index in [1.54, 1.807) is 53.4 Å². The molecule has 0 spiro atoms. The molecule has 0 radical (unpaired) electrons. The molecule has 2 aliphatic heterocycles. The third-order valence-corrected chi connectivity index (χ3v) is 9.32. The van der Waals surface area contributed by atoms with Crippen molar-refractivity contribution in [3.8, 4) is 23.0 Å². The number of rotatable bonds is 11. The van der Waals surface area contributed by atoms with Crippen LogP contribution in [0.25, 0.3) is 10.9 Å². The van der Waals surface area contributed by atoms with Gasteiger partial charge in [0.15, 0.2) is 28.2 Å². The molecule has 0 fully saturated rings. The Morgan fingerprint density at radius 3 is 2.31 bits per heavy atom. The molecule has 0 bridgehead atoms. The summed E-state index contributed by atoms with van der Waals surface area (Å²) in [6.45, 7) is 2.99. The Morgan fingerprint density at radius 2 is 1.56 bits per heavy atom. The van der Waals surface area contributed by atoms with Crippen molar-refractivity contribution in [3.05, 3.63) is 112 Å². The SMILES string of the molecule is CC[C@H](Sc1nc2cc3c(cc2c(=O)n1Cc1ccc(C(=O)NCc2ccc4c(c2)OCO4)cc1)OCO3)C(=O)NCc1cccnc1. The molecule has 0 unspecified atom stereocenters. The summed E-state index contributed by atoms with van der Waals surface area (Å²) in [5.41, 5.74) is 3.19. The Labute approximate surface area is 279 Å². The second-order valence-electron chi connectivity index (χ2n) is 11.2. The molecule has 48 heavy (non-hydrogen) atoms. The summed E-state index contributed by atoms with van der Waals surface area (Å²) in [5, 5.41) is 6.15. The van der Waals surface area contributed by atoms with Gasteiger partial charge in [0, 0.05) is 37.1 Å². The van der Waals surface area contributed by atoms with Crippen LogP contribution in [0.15, 0.2) is 89.1 Å². The average molecular weight is 666 g/mol. The number of carbonyl (C=O) groups excluding carboxylic acids is 2. The number of aromatic nitrogens is 3. The number of nitrogens with zero attached hydrogens (tertiary/aromatic N) is 3. The molecule has 13 heteroatoms. The first-order valence-corrected chi connectivity index (χ1v) is 16.3. The molecule has 0 aliphatic carbocycles. The van der Waals surface area contributed by atoms with E-state index in [1.807, 2.05) is 37.3 Å². The van der Waals surface area contributed by atoms with E-state index in [4.69, 9.17) is 23.9 Å². The van der Waals surface area contributed by atoms with E-state index in [0.29, 0.717) is 64.1 Å². The van der Waals surface area contributed by atoms with E-state index >= 15 is 0 Å². The van der Waals surface area contributed by atoms with Gasteiger partial charge in [0.2, 0.25) is 19.5 Å². The minimum absolute atomic E-state index is 0.0626. The number of pyridine rings is 1. The lowest BCUT2D eigenvalue weighted by molar-refractivity contribution is -0.120. The minimum Gasteiger partial charge on any atom is -0.454 e. The number of amides is 2. The molecule has 2 amide bonds. The highest BCUT2D eigenvalue weighted by molar-refractivity contribution is 8.00. The summed E-state index contributed by atoms with van der Waals surface area (Å²) in [4.78, 5) is 49.1. The summed E-state index contributed by atoms with van der Waals surface area (Å²) >= 11 is 1.23. The van der Waals surface area contributed by atoms with Crippen LogP contribution < -0.4 is 35.1 Å². The van der Waals surface area contributed by atoms with Crippen molar-refractivity contribution in [2.24, 2.45) is 0 Å². The third-order valence-electron chi connectivity index (χ3n) is 7.96. The molecule has 12 nitrogen and oxygen atoms in total. The van der Waals surface area contributed by atoms with Gasteiger partial charge in [-0.1, -0.05) is 43.0 Å². The molecule has 2 N–H and O–H groups in total. The van der Waals surface area contributed by atoms with E-state index in [-0.39, 0.29) is 37.5 Å². The molecule has 0 saturated heterocycles. The summed E-state index contributed by atoms with van der Waals surface area (Å²) in [5.74, 6) is 1.92. The van der Waals surface area contributed by atoms with Gasteiger partial charge >= 0.3 is 0 Å². The van der Waals surface area contributed by atoms with Gasteiger partial charge in [0.25, 0.3) is 11.5 Å². The first kappa shape index (κ1) is 31.1. The van der Waals surface area contributed by atoms with Crippen LogP contribution in [0.1, 0.15) is 40.4 Å². The predicted molar refractivity (Wildman–Crippen MR) is 177 cm³/mol. The largest absolute Gasteiger partial charge is 0.454 e. The first-order chi connectivity index (χ1) is 23.4. The second-order valence-corrected chi connectivity index (χ2v) is 12.3. The number of nitrogens with one attached hydrogen (secondary N) is 2. The van der Waals surface area contributed by atoms with Gasteiger partial charge < -0.3 is 29.6 Å². The molecule has 2 aromatic heterocycles. The molecule has 3 aromatic carbocycles. The normalized spacial score (nSPS) is 13.4. The van der Waals surface area contributed by atoms with Crippen molar-refractivity contribution >= 4 is 34.5 Å². The molecule has 2 aliphatic rings. The van der Waals surface area contributed by atoms with E-state index in [2.05, 4.69) is 15.6 Å². The molecule has 5 aromatic rings. The van der Waals surface area contributed by atoms with Crippen LogP contribution in [0, 0.1) is 0 Å². The Morgan fingerprint density at radius 1 is 0.854 bits per heavy atom. The van der Waals surface area contributed by atoms with Gasteiger partial charge in [-0.25, -0.2) is 4.98 Å². The molecule has 1 atom stereocenters. The van der Waals surface area contributed by atoms with Crippen LogP contribution >= 0.6 is 11.8 Å². The topological polar surface area (TPSA) is 143 Å². The zero-order chi connectivity index (χ0) is 33.0. The van der Waals surface area contributed by atoms with Crippen LogP contribution in [0.5, 0.6) is 23.0 Å². The molecule has 7 rings (SSSR count). The number of benzene rings is 3. The van der Waals surface area contributed by atoms with Crippen LogP contribution in [-0.4, -0.2) is 45.2 Å².